The smallest absolute Gasteiger partial charge is 0.258 e. The van der Waals surface area contributed by atoms with Crippen LogP contribution in [-0.4, -0.2) is 19.5 Å². The van der Waals surface area contributed by atoms with Crippen molar-refractivity contribution in [3.05, 3.63) is 65.2 Å². The third kappa shape index (κ3) is 2.32. The van der Waals surface area contributed by atoms with Gasteiger partial charge in [-0.2, -0.15) is 0 Å². The topological polar surface area (TPSA) is 32.3 Å². The molecule has 0 fully saturated rings. The average molecular weight is 266 g/mol. The molecule has 0 spiro atoms. The highest BCUT2D eigenvalue weighted by Gasteiger charge is 2.24. The molecule has 0 unspecified atom stereocenters. The zero-order valence-corrected chi connectivity index (χ0v) is 11.6. The van der Waals surface area contributed by atoms with Crippen molar-refractivity contribution in [2.45, 2.75) is 13.0 Å². The van der Waals surface area contributed by atoms with Crippen LogP contribution in [0.25, 0.3) is 0 Å². The molecule has 3 rings (SSSR count). The van der Waals surface area contributed by atoms with E-state index in [1.165, 1.54) is 5.56 Å². The molecule has 0 aromatic heterocycles. The lowest BCUT2D eigenvalue weighted by Crippen LogP contribution is -2.37. The molecular formula is C17H18N2O. The molecule has 2 aromatic rings. The molecule has 0 radical (unpaired) electrons. The molecule has 20 heavy (non-hydrogen) atoms. The van der Waals surface area contributed by atoms with Crippen molar-refractivity contribution in [2.24, 2.45) is 0 Å². The zero-order chi connectivity index (χ0) is 13.9. The minimum absolute atomic E-state index is 0.105. The fourth-order valence-corrected chi connectivity index (χ4v) is 2.67. The van der Waals surface area contributed by atoms with Gasteiger partial charge in [0.25, 0.3) is 5.91 Å². The summed E-state index contributed by atoms with van der Waals surface area (Å²) in [6.45, 7) is 1.60. The summed E-state index contributed by atoms with van der Waals surface area (Å²) < 4.78 is 0. The normalized spacial score (nSPS) is 14.2. The van der Waals surface area contributed by atoms with Gasteiger partial charge in [0.15, 0.2) is 0 Å². The van der Waals surface area contributed by atoms with Gasteiger partial charge >= 0.3 is 0 Å². The van der Waals surface area contributed by atoms with Gasteiger partial charge in [0.2, 0.25) is 0 Å². The van der Waals surface area contributed by atoms with Gasteiger partial charge in [-0.15, -0.1) is 0 Å². The Morgan fingerprint density at radius 1 is 1.10 bits per heavy atom. The van der Waals surface area contributed by atoms with Crippen molar-refractivity contribution in [3.8, 4) is 0 Å². The predicted octanol–water partition coefficient (Wildman–Crippen LogP) is 2.61. The number of carbonyl (C=O) groups is 1. The lowest BCUT2D eigenvalue weighted by Gasteiger charge is -2.28. The summed E-state index contributed by atoms with van der Waals surface area (Å²) in [5.74, 6) is 0.105. The van der Waals surface area contributed by atoms with Crippen molar-refractivity contribution >= 4 is 11.6 Å². The largest absolute Gasteiger partial charge is 0.316 e. The number of benzene rings is 2. The molecular weight excluding hydrogens is 248 g/mol. The van der Waals surface area contributed by atoms with Gasteiger partial charge in [-0.05, 0) is 42.8 Å². The van der Waals surface area contributed by atoms with Gasteiger partial charge in [0.1, 0.15) is 0 Å². The Kier molecular flexibility index (Phi) is 3.52. The minimum atomic E-state index is 0.105. The Bertz CT molecular complexity index is 619. The van der Waals surface area contributed by atoms with E-state index in [0.717, 1.165) is 36.3 Å². The van der Waals surface area contributed by atoms with Gasteiger partial charge in [-0.1, -0.05) is 30.3 Å². The lowest BCUT2D eigenvalue weighted by molar-refractivity contribution is 0.0980. The van der Waals surface area contributed by atoms with Crippen molar-refractivity contribution in [1.82, 2.24) is 5.32 Å². The second kappa shape index (κ2) is 5.47. The van der Waals surface area contributed by atoms with E-state index in [-0.39, 0.29) is 5.91 Å². The number of hydrogen-bond acceptors (Lipinski definition) is 2. The van der Waals surface area contributed by atoms with E-state index in [4.69, 9.17) is 0 Å². The number of nitrogens with zero attached hydrogens (tertiary/aromatic N) is 1. The van der Waals surface area contributed by atoms with Crippen molar-refractivity contribution in [1.29, 1.82) is 0 Å². The number of carbonyl (C=O) groups excluding carboxylic acids is 1. The van der Waals surface area contributed by atoms with E-state index in [0.29, 0.717) is 0 Å². The minimum Gasteiger partial charge on any atom is -0.316 e. The second-order valence-corrected chi connectivity index (χ2v) is 5.06. The third-order valence-electron chi connectivity index (χ3n) is 3.73. The van der Waals surface area contributed by atoms with E-state index in [9.17, 15) is 4.79 Å². The molecule has 102 valence electrons. The maximum absolute atomic E-state index is 12.5. The third-order valence-corrected chi connectivity index (χ3v) is 3.73. The summed E-state index contributed by atoms with van der Waals surface area (Å²) >= 11 is 0. The van der Waals surface area contributed by atoms with Gasteiger partial charge in [0.05, 0.1) is 0 Å². The van der Waals surface area contributed by atoms with Crippen LogP contribution in [-0.2, 0) is 13.0 Å². The monoisotopic (exact) mass is 266 g/mol. The first-order valence-corrected chi connectivity index (χ1v) is 6.93. The fourth-order valence-electron chi connectivity index (χ4n) is 2.67. The van der Waals surface area contributed by atoms with E-state index in [2.05, 4.69) is 17.4 Å². The molecule has 0 saturated carbocycles. The summed E-state index contributed by atoms with van der Waals surface area (Å²) in [7, 11) is 1.93. The molecule has 0 aliphatic carbocycles. The first-order chi connectivity index (χ1) is 9.79. The molecule has 3 nitrogen and oxygen atoms in total. The van der Waals surface area contributed by atoms with Crippen LogP contribution in [0.4, 0.5) is 5.69 Å². The van der Waals surface area contributed by atoms with Gasteiger partial charge in [-0.25, -0.2) is 0 Å². The molecule has 2 aromatic carbocycles. The van der Waals surface area contributed by atoms with Crippen LogP contribution in [0.1, 0.15) is 21.5 Å². The van der Waals surface area contributed by atoms with E-state index in [1.807, 2.05) is 48.3 Å². The van der Waals surface area contributed by atoms with Crippen LogP contribution in [0.5, 0.6) is 0 Å². The van der Waals surface area contributed by atoms with E-state index in [1.54, 1.807) is 0 Å². The number of hydrogen-bond donors (Lipinski definition) is 1. The number of rotatable bonds is 3. The van der Waals surface area contributed by atoms with Crippen LogP contribution >= 0.6 is 0 Å². The van der Waals surface area contributed by atoms with Crippen molar-refractivity contribution in [3.63, 3.8) is 0 Å². The van der Waals surface area contributed by atoms with Gasteiger partial charge < -0.3 is 10.2 Å². The average Bonchev–Trinajstić information content (AvgIpc) is 2.49. The molecule has 1 amide bonds. The lowest BCUT2D eigenvalue weighted by atomic mass is 9.98. The molecule has 1 heterocycles. The highest BCUT2D eigenvalue weighted by atomic mass is 16.2. The first-order valence-electron chi connectivity index (χ1n) is 6.93. The Morgan fingerprint density at radius 2 is 1.85 bits per heavy atom. The summed E-state index contributed by atoms with van der Waals surface area (Å²) in [6, 6.07) is 16.1. The van der Waals surface area contributed by atoms with Crippen LogP contribution in [0, 0.1) is 0 Å². The Hall–Kier alpha value is -2.13. The first kappa shape index (κ1) is 12.9. The number of nitrogens with one attached hydrogen (secondary N) is 1. The van der Waals surface area contributed by atoms with E-state index < -0.39 is 0 Å². The number of anilines is 1. The number of amides is 1. The Morgan fingerprint density at radius 3 is 2.60 bits per heavy atom. The van der Waals surface area contributed by atoms with Crippen molar-refractivity contribution < 1.29 is 4.79 Å². The molecule has 1 N–H and O–H groups in total. The van der Waals surface area contributed by atoms with Gasteiger partial charge in [0, 0.05) is 24.3 Å². The highest BCUT2D eigenvalue weighted by molar-refractivity contribution is 6.08. The van der Waals surface area contributed by atoms with Crippen LogP contribution in [0.3, 0.4) is 0 Å². The fraction of sp³-hybridized carbons (Fsp3) is 0.235. The summed E-state index contributed by atoms with van der Waals surface area (Å²) in [5, 5.41) is 3.12. The van der Waals surface area contributed by atoms with Crippen LogP contribution in [0.15, 0.2) is 48.5 Å². The zero-order valence-electron chi connectivity index (χ0n) is 11.6. The Labute approximate surface area is 119 Å². The quantitative estimate of drug-likeness (QED) is 0.926. The van der Waals surface area contributed by atoms with Crippen LogP contribution < -0.4 is 10.2 Å². The summed E-state index contributed by atoms with van der Waals surface area (Å²) in [6.07, 6.45) is 0.917. The molecule has 0 atom stereocenters. The van der Waals surface area contributed by atoms with Crippen LogP contribution in [0.2, 0.25) is 0 Å². The molecule has 1 aliphatic heterocycles. The maximum atomic E-state index is 12.5. The second-order valence-electron chi connectivity index (χ2n) is 5.06. The molecule has 0 bridgehead atoms. The standard InChI is InChI=1S/C17H18N2O/c1-18-12-13-6-8-15(9-7-13)19-11-10-14-4-2-3-5-16(14)17(19)20/h2-9,18H,10-12H2,1H3. The number of fused-ring (bicyclic) bond motifs is 1. The SMILES string of the molecule is CNCc1ccc(N2CCc3ccccc3C2=O)cc1. The Balaban J connectivity index is 1.87. The predicted molar refractivity (Wildman–Crippen MR) is 81.0 cm³/mol. The molecule has 0 saturated heterocycles. The van der Waals surface area contributed by atoms with Crippen molar-refractivity contribution in [2.75, 3.05) is 18.5 Å². The molecule has 1 aliphatic rings. The summed E-state index contributed by atoms with van der Waals surface area (Å²) in [4.78, 5) is 14.4. The molecule has 3 heteroatoms. The maximum Gasteiger partial charge on any atom is 0.258 e. The van der Waals surface area contributed by atoms with Gasteiger partial charge in [-0.3, -0.25) is 4.79 Å². The highest BCUT2D eigenvalue weighted by Crippen LogP contribution is 2.24. The summed E-state index contributed by atoms with van der Waals surface area (Å²) in [5.41, 5.74) is 4.18. The van der Waals surface area contributed by atoms with E-state index >= 15 is 0 Å².